The highest BCUT2D eigenvalue weighted by atomic mass is 32.1. The van der Waals surface area contributed by atoms with Gasteiger partial charge in [0.1, 0.15) is 10.8 Å². The molecular weight excluding hydrogens is 254 g/mol. The Kier molecular flexibility index (Phi) is 6.03. The fourth-order valence-corrected chi connectivity index (χ4v) is 2.70. The van der Waals surface area contributed by atoms with Gasteiger partial charge in [0, 0.05) is 11.1 Å². The number of hydrogen-bond acceptors (Lipinski definition) is 3. The molecule has 2 rings (SSSR count). The van der Waals surface area contributed by atoms with Gasteiger partial charge >= 0.3 is 0 Å². The summed E-state index contributed by atoms with van der Waals surface area (Å²) in [6.07, 6.45) is 0. The van der Waals surface area contributed by atoms with Crippen molar-refractivity contribution in [2.45, 2.75) is 40.5 Å². The Bertz CT molecular complexity index is 517. The molecule has 0 saturated carbocycles. The standard InChI is InChI=1S/C14H17NOS.C2H6/c1-9(2)11-6-5-7-12(13(11)16-4)14-15-10(3)8-17-14;1-2/h5-9H,1-4H3;1-2H3. The molecule has 2 nitrogen and oxygen atoms in total. The predicted octanol–water partition coefficient (Wildman–Crippen LogP) is 5.28. The fourth-order valence-electron chi connectivity index (χ4n) is 1.88. The highest BCUT2D eigenvalue weighted by Crippen LogP contribution is 2.37. The van der Waals surface area contributed by atoms with Crippen LogP contribution >= 0.6 is 11.3 Å². The zero-order valence-electron chi connectivity index (χ0n) is 12.7. The second-order valence-electron chi connectivity index (χ2n) is 4.38. The first-order valence-electron chi connectivity index (χ1n) is 6.73. The minimum atomic E-state index is 0.450. The number of hydrogen-bond donors (Lipinski definition) is 0. The number of aryl methyl sites for hydroxylation is 1. The van der Waals surface area contributed by atoms with E-state index < -0.39 is 0 Å². The van der Waals surface area contributed by atoms with Crippen molar-refractivity contribution in [3.63, 3.8) is 0 Å². The predicted molar refractivity (Wildman–Crippen MR) is 84.3 cm³/mol. The lowest BCUT2D eigenvalue weighted by Gasteiger charge is -2.14. The Labute approximate surface area is 120 Å². The van der Waals surface area contributed by atoms with Crippen molar-refractivity contribution in [2.75, 3.05) is 7.11 Å². The topological polar surface area (TPSA) is 22.1 Å². The van der Waals surface area contributed by atoms with Crippen molar-refractivity contribution in [3.05, 3.63) is 34.8 Å². The van der Waals surface area contributed by atoms with Gasteiger partial charge in [-0.3, -0.25) is 0 Å². The zero-order valence-corrected chi connectivity index (χ0v) is 13.5. The third-order valence-electron chi connectivity index (χ3n) is 2.72. The van der Waals surface area contributed by atoms with E-state index in [0.717, 1.165) is 22.0 Å². The third-order valence-corrected chi connectivity index (χ3v) is 3.71. The summed E-state index contributed by atoms with van der Waals surface area (Å²) >= 11 is 1.66. The number of methoxy groups -OCH3 is 1. The summed E-state index contributed by atoms with van der Waals surface area (Å²) in [5.41, 5.74) is 3.39. The average molecular weight is 277 g/mol. The second kappa shape index (κ2) is 7.29. The fraction of sp³-hybridized carbons (Fsp3) is 0.438. The Morgan fingerprint density at radius 3 is 2.37 bits per heavy atom. The van der Waals surface area contributed by atoms with Crippen LogP contribution in [-0.2, 0) is 0 Å². The number of ether oxygens (including phenoxy) is 1. The van der Waals surface area contributed by atoms with E-state index in [1.54, 1.807) is 18.4 Å². The van der Waals surface area contributed by atoms with Crippen LogP contribution in [0.4, 0.5) is 0 Å². The molecule has 1 aromatic heterocycles. The number of para-hydroxylation sites is 1. The van der Waals surface area contributed by atoms with Gasteiger partial charge in [0.25, 0.3) is 0 Å². The van der Waals surface area contributed by atoms with Gasteiger partial charge in [0.15, 0.2) is 0 Å². The van der Waals surface area contributed by atoms with E-state index in [9.17, 15) is 0 Å². The first-order chi connectivity index (χ1) is 9.13. The maximum atomic E-state index is 5.57. The van der Waals surface area contributed by atoms with Crippen molar-refractivity contribution < 1.29 is 4.74 Å². The van der Waals surface area contributed by atoms with Gasteiger partial charge < -0.3 is 4.74 Å². The molecular formula is C16H23NOS. The molecule has 1 heterocycles. The molecule has 0 amide bonds. The van der Waals surface area contributed by atoms with Crippen LogP contribution < -0.4 is 4.74 Å². The molecule has 0 saturated heterocycles. The maximum absolute atomic E-state index is 5.57. The van der Waals surface area contributed by atoms with Crippen LogP contribution in [0.1, 0.15) is 44.9 Å². The van der Waals surface area contributed by atoms with Gasteiger partial charge in [0.2, 0.25) is 0 Å². The molecule has 0 spiro atoms. The van der Waals surface area contributed by atoms with Crippen LogP contribution in [0, 0.1) is 6.92 Å². The molecule has 0 radical (unpaired) electrons. The van der Waals surface area contributed by atoms with Crippen LogP contribution in [0.5, 0.6) is 5.75 Å². The maximum Gasteiger partial charge on any atom is 0.132 e. The smallest absolute Gasteiger partial charge is 0.132 e. The van der Waals surface area contributed by atoms with Crippen LogP contribution in [0.15, 0.2) is 23.6 Å². The van der Waals surface area contributed by atoms with E-state index >= 15 is 0 Å². The van der Waals surface area contributed by atoms with E-state index in [1.165, 1.54) is 5.56 Å². The largest absolute Gasteiger partial charge is 0.496 e. The van der Waals surface area contributed by atoms with Gasteiger partial charge in [0.05, 0.1) is 12.7 Å². The van der Waals surface area contributed by atoms with Crippen LogP contribution in [0.25, 0.3) is 10.6 Å². The molecule has 1 aromatic carbocycles. The summed E-state index contributed by atoms with van der Waals surface area (Å²) in [4.78, 5) is 4.53. The summed E-state index contributed by atoms with van der Waals surface area (Å²) in [5.74, 6) is 1.41. The lowest BCUT2D eigenvalue weighted by molar-refractivity contribution is 0.409. The number of benzene rings is 1. The normalized spacial score (nSPS) is 10.1. The summed E-state index contributed by atoms with van der Waals surface area (Å²) in [5, 5.41) is 3.10. The Morgan fingerprint density at radius 2 is 1.89 bits per heavy atom. The first kappa shape index (κ1) is 15.7. The molecule has 0 aliphatic rings. The Balaban J connectivity index is 0.000000861. The molecule has 0 aliphatic carbocycles. The lowest BCUT2D eigenvalue weighted by Crippen LogP contribution is -1.96. The minimum Gasteiger partial charge on any atom is -0.496 e. The van der Waals surface area contributed by atoms with E-state index in [1.807, 2.05) is 20.8 Å². The SMILES string of the molecule is CC.COc1c(-c2nc(C)cs2)cccc1C(C)C. The molecule has 2 aromatic rings. The summed E-state index contributed by atoms with van der Waals surface area (Å²) in [6.45, 7) is 10.4. The van der Waals surface area contributed by atoms with Crippen LogP contribution in [0.3, 0.4) is 0 Å². The molecule has 0 atom stereocenters. The van der Waals surface area contributed by atoms with Crippen molar-refractivity contribution >= 4 is 11.3 Å². The van der Waals surface area contributed by atoms with Crippen molar-refractivity contribution in [1.29, 1.82) is 0 Å². The van der Waals surface area contributed by atoms with E-state index in [4.69, 9.17) is 4.74 Å². The van der Waals surface area contributed by atoms with Gasteiger partial charge in [-0.05, 0) is 24.5 Å². The minimum absolute atomic E-state index is 0.450. The van der Waals surface area contributed by atoms with E-state index in [0.29, 0.717) is 5.92 Å². The first-order valence-corrected chi connectivity index (χ1v) is 7.61. The lowest BCUT2D eigenvalue weighted by atomic mass is 9.99. The average Bonchev–Trinajstić information content (AvgIpc) is 2.86. The van der Waals surface area contributed by atoms with Crippen molar-refractivity contribution in [3.8, 4) is 16.3 Å². The number of aromatic nitrogens is 1. The molecule has 0 bridgehead atoms. The summed E-state index contributed by atoms with van der Waals surface area (Å²) < 4.78 is 5.57. The van der Waals surface area contributed by atoms with Gasteiger partial charge in [-0.15, -0.1) is 11.3 Å². The second-order valence-corrected chi connectivity index (χ2v) is 5.23. The molecule has 3 heteroatoms. The Morgan fingerprint density at radius 1 is 1.21 bits per heavy atom. The van der Waals surface area contributed by atoms with Crippen molar-refractivity contribution in [2.24, 2.45) is 0 Å². The Hall–Kier alpha value is -1.35. The quantitative estimate of drug-likeness (QED) is 0.761. The number of rotatable bonds is 3. The van der Waals surface area contributed by atoms with Gasteiger partial charge in [-0.2, -0.15) is 0 Å². The molecule has 0 N–H and O–H groups in total. The molecule has 0 unspecified atom stereocenters. The zero-order chi connectivity index (χ0) is 14.4. The highest BCUT2D eigenvalue weighted by molar-refractivity contribution is 7.13. The molecule has 0 fully saturated rings. The monoisotopic (exact) mass is 277 g/mol. The van der Waals surface area contributed by atoms with Crippen LogP contribution in [0.2, 0.25) is 0 Å². The number of nitrogens with zero attached hydrogens (tertiary/aromatic N) is 1. The summed E-state index contributed by atoms with van der Waals surface area (Å²) in [7, 11) is 1.73. The van der Waals surface area contributed by atoms with E-state index in [-0.39, 0.29) is 0 Å². The van der Waals surface area contributed by atoms with Crippen LogP contribution in [-0.4, -0.2) is 12.1 Å². The highest BCUT2D eigenvalue weighted by Gasteiger charge is 2.14. The van der Waals surface area contributed by atoms with Gasteiger partial charge in [-0.25, -0.2) is 4.98 Å². The molecule has 0 aliphatic heterocycles. The number of thiazole rings is 1. The molecule has 104 valence electrons. The van der Waals surface area contributed by atoms with E-state index in [2.05, 4.69) is 42.4 Å². The molecule has 19 heavy (non-hydrogen) atoms. The third kappa shape index (κ3) is 3.57. The van der Waals surface area contributed by atoms with Gasteiger partial charge in [-0.1, -0.05) is 39.8 Å². The van der Waals surface area contributed by atoms with Crippen molar-refractivity contribution in [1.82, 2.24) is 4.98 Å². The summed E-state index contributed by atoms with van der Waals surface area (Å²) in [6, 6.07) is 6.26.